The summed E-state index contributed by atoms with van der Waals surface area (Å²) in [5.74, 6) is -0.936. The number of aliphatic carboxylic acids is 1. The zero-order chi connectivity index (χ0) is 13.0. The van der Waals surface area contributed by atoms with Crippen molar-refractivity contribution in [3.8, 4) is 0 Å². The molecule has 7 heteroatoms. The van der Waals surface area contributed by atoms with Gasteiger partial charge in [0.15, 0.2) is 0 Å². The van der Waals surface area contributed by atoms with Crippen LogP contribution in [0, 0.1) is 10.1 Å². The number of hydrogen-bond acceptors (Lipinski definition) is 4. The Labute approximate surface area is 106 Å². The van der Waals surface area contributed by atoms with Crippen LogP contribution in [0.3, 0.4) is 0 Å². The molecule has 0 aliphatic heterocycles. The number of benzene rings is 1. The van der Waals surface area contributed by atoms with Gasteiger partial charge in [0.05, 0.1) is 11.3 Å². The number of carbonyl (C=O) groups is 1. The van der Waals surface area contributed by atoms with Gasteiger partial charge in [0.2, 0.25) is 0 Å². The summed E-state index contributed by atoms with van der Waals surface area (Å²) in [7, 11) is 1.62. The highest BCUT2D eigenvalue weighted by Gasteiger charge is 2.17. The number of hydrogen-bond donors (Lipinski definition) is 1. The first kappa shape index (κ1) is 13.4. The van der Waals surface area contributed by atoms with Gasteiger partial charge in [0, 0.05) is 24.1 Å². The van der Waals surface area contributed by atoms with Gasteiger partial charge in [-0.2, -0.15) is 0 Å². The third-order valence-electron chi connectivity index (χ3n) is 2.21. The average molecular weight is 303 g/mol. The molecule has 0 atom stereocenters. The number of halogens is 1. The summed E-state index contributed by atoms with van der Waals surface area (Å²) >= 11 is 3.23. The first-order chi connectivity index (χ1) is 7.91. The van der Waals surface area contributed by atoms with E-state index in [0.717, 1.165) is 0 Å². The third-order valence-corrected chi connectivity index (χ3v) is 2.70. The van der Waals surface area contributed by atoms with Crippen molar-refractivity contribution < 1.29 is 14.8 Å². The van der Waals surface area contributed by atoms with E-state index in [0.29, 0.717) is 10.2 Å². The molecule has 0 amide bonds. The number of nitro groups is 1. The summed E-state index contributed by atoms with van der Waals surface area (Å²) in [6.07, 6.45) is -0.0693. The quantitative estimate of drug-likeness (QED) is 0.666. The minimum atomic E-state index is -0.936. The van der Waals surface area contributed by atoms with Crippen LogP contribution in [0.4, 0.5) is 11.4 Å². The zero-order valence-corrected chi connectivity index (χ0v) is 10.7. The highest BCUT2D eigenvalue weighted by atomic mass is 79.9. The van der Waals surface area contributed by atoms with Gasteiger partial charge in [-0.25, -0.2) is 0 Å². The Morgan fingerprint density at radius 3 is 2.76 bits per heavy atom. The molecule has 0 aliphatic carbocycles. The summed E-state index contributed by atoms with van der Waals surface area (Å²) in [5, 5.41) is 19.4. The van der Waals surface area contributed by atoms with E-state index in [-0.39, 0.29) is 18.7 Å². The van der Waals surface area contributed by atoms with E-state index in [4.69, 9.17) is 5.11 Å². The largest absolute Gasteiger partial charge is 0.481 e. The van der Waals surface area contributed by atoms with E-state index in [9.17, 15) is 14.9 Å². The standard InChI is InChI=1S/C10H11BrN2O4/c1-12(5-4-10(14)15)9-6-7(11)2-3-8(9)13(16)17/h2-3,6H,4-5H2,1H3,(H,14,15). The summed E-state index contributed by atoms with van der Waals surface area (Å²) < 4.78 is 0.709. The second-order valence-electron chi connectivity index (χ2n) is 3.46. The highest BCUT2D eigenvalue weighted by Crippen LogP contribution is 2.30. The fourth-order valence-corrected chi connectivity index (χ4v) is 1.69. The van der Waals surface area contributed by atoms with Crippen molar-refractivity contribution in [1.29, 1.82) is 0 Å². The maximum atomic E-state index is 10.8. The molecule has 0 saturated heterocycles. The molecule has 0 saturated carbocycles. The van der Waals surface area contributed by atoms with E-state index >= 15 is 0 Å². The van der Waals surface area contributed by atoms with Crippen molar-refractivity contribution in [3.05, 3.63) is 32.8 Å². The molecule has 6 nitrogen and oxygen atoms in total. The number of nitro benzene ring substituents is 1. The molecule has 0 aliphatic rings. The van der Waals surface area contributed by atoms with E-state index in [1.54, 1.807) is 24.1 Å². The molecular weight excluding hydrogens is 292 g/mol. The monoisotopic (exact) mass is 302 g/mol. The maximum absolute atomic E-state index is 10.8. The SMILES string of the molecule is CN(CCC(=O)O)c1cc(Br)ccc1[N+](=O)[O-]. The third kappa shape index (κ3) is 3.70. The van der Waals surface area contributed by atoms with Gasteiger partial charge in [-0.1, -0.05) is 15.9 Å². The fraction of sp³-hybridized carbons (Fsp3) is 0.300. The maximum Gasteiger partial charge on any atom is 0.305 e. The van der Waals surface area contributed by atoms with Crippen molar-refractivity contribution >= 4 is 33.3 Å². The van der Waals surface area contributed by atoms with Gasteiger partial charge in [-0.3, -0.25) is 14.9 Å². The lowest BCUT2D eigenvalue weighted by atomic mass is 10.2. The molecule has 0 bridgehead atoms. The minimum Gasteiger partial charge on any atom is -0.481 e. The predicted octanol–water partition coefficient (Wildman–Crippen LogP) is 2.27. The average Bonchev–Trinajstić information content (AvgIpc) is 2.25. The molecule has 92 valence electrons. The second-order valence-corrected chi connectivity index (χ2v) is 4.37. The molecule has 0 fully saturated rings. The van der Waals surface area contributed by atoms with Crippen molar-refractivity contribution in [2.24, 2.45) is 0 Å². The normalized spacial score (nSPS) is 10.0. The van der Waals surface area contributed by atoms with Crippen molar-refractivity contribution in [1.82, 2.24) is 0 Å². The van der Waals surface area contributed by atoms with Gasteiger partial charge >= 0.3 is 5.97 Å². The first-order valence-electron chi connectivity index (χ1n) is 4.78. The molecular formula is C10H11BrN2O4. The zero-order valence-electron chi connectivity index (χ0n) is 9.09. The van der Waals surface area contributed by atoms with Crippen LogP contribution in [0.25, 0.3) is 0 Å². The molecule has 0 heterocycles. The van der Waals surface area contributed by atoms with E-state index < -0.39 is 10.9 Å². The van der Waals surface area contributed by atoms with E-state index in [1.807, 2.05) is 0 Å². The highest BCUT2D eigenvalue weighted by molar-refractivity contribution is 9.10. The molecule has 0 spiro atoms. The Balaban J connectivity index is 2.97. The van der Waals surface area contributed by atoms with Gasteiger partial charge in [-0.05, 0) is 12.1 Å². The van der Waals surface area contributed by atoms with Crippen LogP contribution in [-0.2, 0) is 4.79 Å². The molecule has 1 aromatic rings. The number of carboxylic acids is 1. The second kappa shape index (κ2) is 5.62. The number of carboxylic acid groups (broad SMARTS) is 1. The Bertz CT molecular complexity index is 450. The summed E-state index contributed by atoms with van der Waals surface area (Å²) in [4.78, 5) is 22.3. The summed E-state index contributed by atoms with van der Waals surface area (Å²) in [6, 6.07) is 4.56. The Kier molecular flexibility index (Phi) is 4.45. The summed E-state index contributed by atoms with van der Waals surface area (Å²) in [5.41, 5.74) is 0.353. The van der Waals surface area contributed by atoms with Gasteiger partial charge in [-0.15, -0.1) is 0 Å². The number of nitrogens with zero attached hydrogens (tertiary/aromatic N) is 2. The minimum absolute atomic E-state index is 0.0407. The van der Waals surface area contributed by atoms with Crippen LogP contribution in [0.5, 0.6) is 0 Å². The molecule has 1 aromatic carbocycles. The van der Waals surface area contributed by atoms with E-state index in [2.05, 4.69) is 15.9 Å². The Morgan fingerprint density at radius 1 is 1.59 bits per heavy atom. The molecule has 0 unspecified atom stereocenters. The van der Waals surface area contributed by atoms with Crippen LogP contribution in [0.2, 0.25) is 0 Å². The Morgan fingerprint density at radius 2 is 2.24 bits per heavy atom. The van der Waals surface area contributed by atoms with Crippen LogP contribution in [-0.4, -0.2) is 29.6 Å². The van der Waals surface area contributed by atoms with Crippen LogP contribution in [0.15, 0.2) is 22.7 Å². The predicted molar refractivity (Wildman–Crippen MR) is 66.3 cm³/mol. The first-order valence-corrected chi connectivity index (χ1v) is 5.58. The van der Waals surface area contributed by atoms with E-state index in [1.165, 1.54) is 6.07 Å². The molecule has 0 radical (unpaired) electrons. The number of rotatable bonds is 5. The lowest BCUT2D eigenvalue weighted by Gasteiger charge is -2.18. The lowest BCUT2D eigenvalue weighted by molar-refractivity contribution is -0.384. The van der Waals surface area contributed by atoms with Crippen LogP contribution in [0.1, 0.15) is 6.42 Å². The van der Waals surface area contributed by atoms with Crippen LogP contribution >= 0.6 is 15.9 Å². The smallest absolute Gasteiger partial charge is 0.305 e. The van der Waals surface area contributed by atoms with Gasteiger partial charge < -0.3 is 10.0 Å². The molecule has 1 N–H and O–H groups in total. The fourth-order valence-electron chi connectivity index (χ4n) is 1.34. The van der Waals surface area contributed by atoms with Crippen LogP contribution < -0.4 is 4.90 Å². The lowest BCUT2D eigenvalue weighted by Crippen LogP contribution is -2.21. The number of anilines is 1. The van der Waals surface area contributed by atoms with Crippen molar-refractivity contribution in [2.45, 2.75) is 6.42 Å². The van der Waals surface area contributed by atoms with Gasteiger partial charge in [0.1, 0.15) is 5.69 Å². The molecule has 1 rings (SSSR count). The van der Waals surface area contributed by atoms with Crippen molar-refractivity contribution in [2.75, 3.05) is 18.5 Å². The summed E-state index contributed by atoms with van der Waals surface area (Å²) in [6.45, 7) is 0.215. The Hall–Kier alpha value is -1.63. The van der Waals surface area contributed by atoms with Gasteiger partial charge in [0.25, 0.3) is 5.69 Å². The van der Waals surface area contributed by atoms with Crippen molar-refractivity contribution in [3.63, 3.8) is 0 Å². The topological polar surface area (TPSA) is 83.7 Å². The molecule has 0 aromatic heterocycles. The molecule has 17 heavy (non-hydrogen) atoms.